The first kappa shape index (κ1) is 16.8. The van der Waals surface area contributed by atoms with Gasteiger partial charge in [0, 0.05) is 5.69 Å². The lowest BCUT2D eigenvalue weighted by Gasteiger charge is -2.09. The zero-order chi connectivity index (χ0) is 16.7. The lowest BCUT2D eigenvalue weighted by atomic mass is 10.0. The number of nitrogens with one attached hydrogen (secondary N) is 1. The summed E-state index contributed by atoms with van der Waals surface area (Å²) >= 11 is 0. The van der Waals surface area contributed by atoms with Gasteiger partial charge in [-0.1, -0.05) is 25.5 Å². The fraction of sp³-hybridized carbons (Fsp3) is 0.294. The summed E-state index contributed by atoms with van der Waals surface area (Å²) in [7, 11) is 0. The molecule has 0 amide bonds. The maximum absolute atomic E-state index is 11.4. The minimum Gasteiger partial charge on any atom is -0.493 e. The normalized spacial score (nSPS) is 10.3. The Bertz CT molecular complexity index is 656. The quantitative estimate of drug-likeness (QED) is 0.335. The van der Waals surface area contributed by atoms with E-state index in [9.17, 15) is 10.1 Å². The Morgan fingerprint density at radius 1 is 1.22 bits per heavy atom. The van der Waals surface area contributed by atoms with E-state index in [-0.39, 0.29) is 12.4 Å². The van der Waals surface area contributed by atoms with E-state index in [0.29, 0.717) is 17.9 Å². The number of nitrogens with zero attached hydrogens (tertiary/aromatic N) is 1. The van der Waals surface area contributed by atoms with E-state index in [4.69, 9.17) is 9.84 Å². The summed E-state index contributed by atoms with van der Waals surface area (Å²) in [6.45, 7) is 2.45. The van der Waals surface area contributed by atoms with Crippen LogP contribution in [-0.2, 0) is 0 Å². The first-order valence-electron chi connectivity index (χ1n) is 7.52. The standard InChI is InChI=1S/C17H20N2O4/c1-2-3-10-23-15-8-9-16(17(11-15)19(21)22)13-4-6-14(7-5-13)18-12-20/h4-9,11,18,20H,2-3,10,12H2,1H3. The van der Waals surface area contributed by atoms with Crippen molar-refractivity contribution in [1.29, 1.82) is 0 Å². The molecule has 0 radical (unpaired) electrons. The van der Waals surface area contributed by atoms with Crippen LogP contribution in [0, 0.1) is 10.1 Å². The number of hydrogen-bond donors (Lipinski definition) is 2. The van der Waals surface area contributed by atoms with E-state index in [0.717, 1.165) is 24.1 Å². The topological polar surface area (TPSA) is 84.6 Å². The Balaban J connectivity index is 2.28. The molecule has 0 fully saturated rings. The smallest absolute Gasteiger partial charge is 0.280 e. The number of ether oxygens (including phenoxy) is 1. The van der Waals surface area contributed by atoms with E-state index in [1.165, 1.54) is 6.07 Å². The molecule has 0 saturated heterocycles. The van der Waals surface area contributed by atoms with E-state index < -0.39 is 4.92 Å². The number of unbranched alkanes of at least 4 members (excludes halogenated alkanes) is 1. The van der Waals surface area contributed by atoms with Crippen molar-refractivity contribution >= 4 is 11.4 Å². The van der Waals surface area contributed by atoms with Crippen molar-refractivity contribution in [2.75, 3.05) is 18.7 Å². The molecule has 6 heteroatoms. The first-order valence-corrected chi connectivity index (χ1v) is 7.52. The molecule has 2 aromatic rings. The van der Waals surface area contributed by atoms with E-state index >= 15 is 0 Å². The van der Waals surface area contributed by atoms with Crippen molar-refractivity contribution in [3.8, 4) is 16.9 Å². The second-order valence-corrected chi connectivity index (χ2v) is 5.05. The van der Waals surface area contributed by atoms with Gasteiger partial charge in [-0.05, 0) is 36.2 Å². The summed E-state index contributed by atoms with van der Waals surface area (Å²) in [6, 6.07) is 12.0. The van der Waals surface area contributed by atoms with Gasteiger partial charge in [-0.2, -0.15) is 0 Å². The molecule has 0 heterocycles. The molecule has 2 rings (SSSR count). The summed E-state index contributed by atoms with van der Waals surface area (Å²) < 4.78 is 5.54. The molecule has 0 saturated carbocycles. The third-order valence-electron chi connectivity index (χ3n) is 3.41. The highest BCUT2D eigenvalue weighted by Gasteiger charge is 2.16. The summed E-state index contributed by atoms with van der Waals surface area (Å²) in [5.74, 6) is 0.507. The van der Waals surface area contributed by atoms with Crippen LogP contribution in [0.4, 0.5) is 11.4 Å². The Hall–Kier alpha value is -2.60. The fourth-order valence-electron chi connectivity index (χ4n) is 2.19. The molecule has 0 bridgehead atoms. The lowest BCUT2D eigenvalue weighted by Crippen LogP contribution is -1.99. The molecular weight excluding hydrogens is 296 g/mol. The number of aliphatic hydroxyl groups is 1. The predicted molar refractivity (Wildman–Crippen MR) is 89.6 cm³/mol. The second-order valence-electron chi connectivity index (χ2n) is 5.05. The lowest BCUT2D eigenvalue weighted by molar-refractivity contribution is -0.384. The number of hydrogen-bond acceptors (Lipinski definition) is 5. The number of nitro groups is 1. The van der Waals surface area contributed by atoms with Crippen molar-refractivity contribution in [1.82, 2.24) is 0 Å². The molecule has 0 aliphatic rings. The van der Waals surface area contributed by atoms with Gasteiger partial charge in [0.15, 0.2) is 0 Å². The van der Waals surface area contributed by atoms with E-state index in [1.54, 1.807) is 36.4 Å². The Labute approximate surface area is 134 Å². The molecule has 0 unspecified atom stereocenters. The molecule has 0 atom stereocenters. The van der Waals surface area contributed by atoms with Gasteiger partial charge >= 0.3 is 0 Å². The maximum Gasteiger partial charge on any atom is 0.280 e. The number of benzene rings is 2. The molecular formula is C17H20N2O4. The van der Waals surface area contributed by atoms with Crippen LogP contribution in [0.2, 0.25) is 0 Å². The summed E-state index contributed by atoms with van der Waals surface area (Å²) in [5, 5.41) is 22.9. The number of nitro benzene ring substituents is 1. The van der Waals surface area contributed by atoms with E-state index in [2.05, 4.69) is 12.2 Å². The predicted octanol–water partition coefficient (Wildman–Crippen LogP) is 3.80. The minimum absolute atomic E-state index is 0.0156. The monoisotopic (exact) mass is 316 g/mol. The van der Waals surface area contributed by atoms with Crippen LogP contribution < -0.4 is 10.1 Å². The molecule has 122 valence electrons. The van der Waals surface area contributed by atoms with E-state index in [1.807, 2.05) is 0 Å². The van der Waals surface area contributed by atoms with Crippen LogP contribution in [-0.4, -0.2) is 23.4 Å². The highest BCUT2D eigenvalue weighted by molar-refractivity contribution is 5.75. The van der Waals surface area contributed by atoms with Crippen LogP contribution in [0.1, 0.15) is 19.8 Å². The van der Waals surface area contributed by atoms with Crippen molar-refractivity contribution in [3.05, 3.63) is 52.6 Å². The number of aliphatic hydroxyl groups excluding tert-OH is 1. The van der Waals surface area contributed by atoms with Gasteiger partial charge in [-0.3, -0.25) is 10.1 Å². The summed E-state index contributed by atoms with van der Waals surface area (Å²) in [6.07, 6.45) is 1.92. The third-order valence-corrected chi connectivity index (χ3v) is 3.41. The van der Waals surface area contributed by atoms with Gasteiger partial charge in [0.25, 0.3) is 5.69 Å². The Morgan fingerprint density at radius 3 is 2.57 bits per heavy atom. The Morgan fingerprint density at radius 2 is 1.96 bits per heavy atom. The fourth-order valence-corrected chi connectivity index (χ4v) is 2.19. The van der Waals surface area contributed by atoms with Crippen LogP contribution in [0.3, 0.4) is 0 Å². The van der Waals surface area contributed by atoms with Gasteiger partial charge in [0.2, 0.25) is 0 Å². The first-order chi connectivity index (χ1) is 11.2. The Kier molecular flexibility index (Phi) is 5.94. The molecule has 0 spiro atoms. The molecule has 2 aromatic carbocycles. The van der Waals surface area contributed by atoms with Crippen LogP contribution in [0.5, 0.6) is 5.75 Å². The summed E-state index contributed by atoms with van der Waals surface area (Å²) in [4.78, 5) is 11.0. The maximum atomic E-state index is 11.4. The largest absolute Gasteiger partial charge is 0.493 e. The highest BCUT2D eigenvalue weighted by atomic mass is 16.6. The molecule has 6 nitrogen and oxygen atoms in total. The van der Waals surface area contributed by atoms with Gasteiger partial charge in [0.05, 0.1) is 23.2 Å². The minimum atomic E-state index is -0.401. The van der Waals surface area contributed by atoms with Crippen molar-refractivity contribution in [2.24, 2.45) is 0 Å². The van der Waals surface area contributed by atoms with Crippen LogP contribution in [0.15, 0.2) is 42.5 Å². The molecule has 0 aliphatic carbocycles. The van der Waals surface area contributed by atoms with Gasteiger partial charge in [0.1, 0.15) is 12.5 Å². The van der Waals surface area contributed by atoms with Crippen molar-refractivity contribution in [3.63, 3.8) is 0 Å². The second kappa shape index (κ2) is 8.14. The highest BCUT2D eigenvalue weighted by Crippen LogP contribution is 2.33. The van der Waals surface area contributed by atoms with Crippen molar-refractivity contribution < 1.29 is 14.8 Å². The van der Waals surface area contributed by atoms with Gasteiger partial charge in [-0.15, -0.1) is 0 Å². The SMILES string of the molecule is CCCCOc1ccc(-c2ccc(NCO)cc2)c([N+](=O)[O-])c1. The molecule has 0 aromatic heterocycles. The van der Waals surface area contributed by atoms with Crippen molar-refractivity contribution in [2.45, 2.75) is 19.8 Å². The molecule has 0 aliphatic heterocycles. The number of rotatable bonds is 8. The zero-order valence-corrected chi connectivity index (χ0v) is 13.0. The molecule has 23 heavy (non-hydrogen) atoms. The number of anilines is 1. The molecule has 2 N–H and O–H groups in total. The summed E-state index contributed by atoms with van der Waals surface area (Å²) in [5.41, 5.74) is 2.04. The van der Waals surface area contributed by atoms with Crippen LogP contribution >= 0.6 is 0 Å². The average Bonchev–Trinajstić information content (AvgIpc) is 2.56. The zero-order valence-electron chi connectivity index (χ0n) is 13.0. The van der Waals surface area contributed by atoms with Gasteiger partial charge in [-0.25, -0.2) is 0 Å². The van der Waals surface area contributed by atoms with Crippen LogP contribution in [0.25, 0.3) is 11.1 Å². The third kappa shape index (κ3) is 4.43. The average molecular weight is 316 g/mol. The van der Waals surface area contributed by atoms with Gasteiger partial charge < -0.3 is 15.2 Å².